The van der Waals surface area contributed by atoms with Crippen LogP contribution in [0.2, 0.25) is 0 Å². The number of anilines is 2. The first-order valence-corrected chi connectivity index (χ1v) is 15.2. The van der Waals surface area contributed by atoms with Crippen molar-refractivity contribution in [2.45, 2.75) is 23.5 Å². The van der Waals surface area contributed by atoms with E-state index in [0.717, 1.165) is 14.2 Å². The number of carbonyl (C=O) groups excluding carboxylic acids is 3. The summed E-state index contributed by atoms with van der Waals surface area (Å²) in [5.74, 6) is -0.301. The number of rotatable bonds is 11. The van der Waals surface area contributed by atoms with E-state index >= 15 is 0 Å². The van der Waals surface area contributed by atoms with Crippen molar-refractivity contribution < 1.29 is 19.1 Å². The van der Waals surface area contributed by atoms with Crippen LogP contribution < -0.4 is 20.7 Å². The Kier molecular flexibility index (Phi) is 11.2. The Bertz CT molecular complexity index is 1560. The topological polar surface area (TPSA) is 96.5 Å². The molecule has 1 atom stereocenters. The van der Waals surface area contributed by atoms with E-state index in [1.807, 2.05) is 55.5 Å². The van der Waals surface area contributed by atoms with Gasteiger partial charge in [-0.05, 0) is 107 Å². The van der Waals surface area contributed by atoms with Crippen molar-refractivity contribution in [3.8, 4) is 5.75 Å². The molecule has 0 heterocycles. The summed E-state index contributed by atoms with van der Waals surface area (Å²) in [7, 11) is 1.58. The fourth-order valence-corrected chi connectivity index (χ4v) is 5.27. The van der Waals surface area contributed by atoms with Crippen molar-refractivity contribution in [2.75, 3.05) is 17.7 Å². The standard InChI is InChI=1S/C33H30IN3O4S/c1-3-30(33(40)35-25-16-14-24(34)15-17-25)42-28-11-7-10-26(21-28)36-32(39)29(20-22-12-18-27(41-2)19-13-22)37-31(38)23-8-5-4-6-9-23/h4-21,30H,3H2,1-2H3,(H,35,40)(H,36,39)(H,37,38)/b29-20+. The predicted molar refractivity (Wildman–Crippen MR) is 178 cm³/mol. The monoisotopic (exact) mass is 691 g/mol. The number of carbonyl (C=O) groups is 3. The Morgan fingerprint density at radius 3 is 2.24 bits per heavy atom. The number of benzene rings is 4. The second kappa shape index (κ2) is 15.2. The van der Waals surface area contributed by atoms with E-state index < -0.39 is 11.8 Å². The highest BCUT2D eigenvalue weighted by molar-refractivity contribution is 14.1. The number of hydrogen-bond donors (Lipinski definition) is 3. The highest BCUT2D eigenvalue weighted by Crippen LogP contribution is 2.29. The van der Waals surface area contributed by atoms with Gasteiger partial charge in [0, 0.05) is 25.4 Å². The van der Waals surface area contributed by atoms with E-state index in [1.165, 1.54) is 11.8 Å². The van der Waals surface area contributed by atoms with Gasteiger partial charge < -0.3 is 20.7 Å². The minimum Gasteiger partial charge on any atom is -0.497 e. The molecule has 0 spiro atoms. The Morgan fingerprint density at radius 2 is 1.57 bits per heavy atom. The van der Waals surface area contributed by atoms with Crippen LogP contribution in [-0.4, -0.2) is 30.1 Å². The fourth-order valence-electron chi connectivity index (χ4n) is 3.90. The predicted octanol–water partition coefficient (Wildman–Crippen LogP) is 7.22. The first-order valence-electron chi connectivity index (χ1n) is 13.2. The van der Waals surface area contributed by atoms with Gasteiger partial charge >= 0.3 is 0 Å². The molecule has 42 heavy (non-hydrogen) atoms. The van der Waals surface area contributed by atoms with Crippen LogP contribution in [0.5, 0.6) is 5.75 Å². The zero-order chi connectivity index (χ0) is 29.9. The van der Waals surface area contributed by atoms with Gasteiger partial charge in [-0.3, -0.25) is 14.4 Å². The Morgan fingerprint density at radius 1 is 0.857 bits per heavy atom. The Balaban J connectivity index is 1.50. The number of amides is 3. The highest BCUT2D eigenvalue weighted by atomic mass is 127. The summed E-state index contributed by atoms with van der Waals surface area (Å²) < 4.78 is 6.31. The molecule has 0 aromatic heterocycles. The summed E-state index contributed by atoms with van der Waals surface area (Å²) in [5.41, 5.74) is 2.50. The van der Waals surface area contributed by atoms with Crippen LogP contribution in [-0.2, 0) is 9.59 Å². The summed E-state index contributed by atoms with van der Waals surface area (Å²) in [6, 6.07) is 30.8. The van der Waals surface area contributed by atoms with Crippen molar-refractivity contribution in [1.29, 1.82) is 0 Å². The lowest BCUT2D eigenvalue weighted by Gasteiger charge is -2.16. The van der Waals surface area contributed by atoms with Gasteiger partial charge in [-0.25, -0.2) is 0 Å². The molecule has 0 saturated carbocycles. The zero-order valence-electron chi connectivity index (χ0n) is 23.1. The number of ether oxygens (including phenoxy) is 1. The van der Waals surface area contributed by atoms with E-state index in [9.17, 15) is 14.4 Å². The first-order chi connectivity index (χ1) is 20.3. The Labute approximate surface area is 263 Å². The molecule has 0 bridgehead atoms. The van der Waals surface area contributed by atoms with Crippen LogP contribution in [0.15, 0.2) is 114 Å². The maximum absolute atomic E-state index is 13.4. The minimum atomic E-state index is -0.485. The third-order valence-electron chi connectivity index (χ3n) is 6.10. The fraction of sp³-hybridized carbons (Fsp3) is 0.121. The number of methoxy groups -OCH3 is 1. The quantitative estimate of drug-likeness (QED) is 0.0878. The second-order valence-electron chi connectivity index (χ2n) is 9.14. The van der Waals surface area contributed by atoms with Crippen LogP contribution in [0, 0.1) is 3.57 Å². The molecule has 214 valence electrons. The normalized spacial score (nSPS) is 11.7. The minimum absolute atomic E-state index is 0.0791. The molecule has 4 aromatic carbocycles. The average Bonchev–Trinajstić information content (AvgIpc) is 3.01. The molecule has 3 N–H and O–H groups in total. The van der Waals surface area contributed by atoms with Crippen LogP contribution in [0.25, 0.3) is 6.08 Å². The van der Waals surface area contributed by atoms with E-state index in [0.29, 0.717) is 29.0 Å². The summed E-state index contributed by atoms with van der Waals surface area (Å²) in [6.45, 7) is 1.96. The molecule has 0 fully saturated rings. The maximum atomic E-state index is 13.4. The van der Waals surface area contributed by atoms with Gasteiger partial charge in [0.15, 0.2) is 0 Å². The molecule has 0 saturated heterocycles. The van der Waals surface area contributed by atoms with E-state index in [-0.39, 0.29) is 16.9 Å². The molecule has 9 heteroatoms. The van der Waals surface area contributed by atoms with E-state index in [2.05, 4.69) is 38.5 Å². The van der Waals surface area contributed by atoms with Crippen molar-refractivity contribution >= 4 is 69.5 Å². The first kappa shape index (κ1) is 30.9. The molecule has 0 radical (unpaired) electrons. The SMILES string of the molecule is CCC(Sc1cccc(NC(=O)/C(=C\c2ccc(OC)cc2)NC(=O)c2ccccc2)c1)C(=O)Nc1ccc(I)cc1. The molecule has 7 nitrogen and oxygen atoms in total. The lowest BCUT2D eigenvalue weighted by Crippen LogP contribution is -2.30. The molecule has 4 aromatic rings. The molecular weight excluding hydrogens is 661 g/mol. The van der Waals surface area contributed by atoms with Gasteiger partial charge in [0.2, 0.25) is 5.91 Å². The molecule has 1 unspecified atom stereocenters. The molecule has 0 aliphatic heterocycles. The number of nitrogens with one attached hydrogen (secondary N) is 3. The van der Waals surface area contributed by atoms with Crippen LogP contribution in [0.3, 0.4) is 0 Å². The van der Waals surface area contributed by atoms with Gasteiger partial charge in [0.1, 0.15) is 11.4 Å². The molecular formula is C33H30IN3O4S. The van der Waals surface area contributed by atoms with Gasteiger partial charge in [-0.1, -0.05) is 43.3 Å². The summed E-state index contributed by atoms with van der Waals surface area (Å²) in [4.78, 5) is 40.2. The largest absolute Gasteiger partial charge is 0.497 e. The number of hydrogen-bond acceptors (Lipinski definition) is 5. The number of halogens is 1. The maximum Gasteiger partial charge on any atom is 0.272 e. The second-order valence-corrected chi connectivity index (χ2v) is 11.7. The average molecular weight is 692 g/mol. The third-order valence-corrected chi connectivity index (χ3v) is 8.18. The van der Waals surface area contributed by atoms with E-state index in [4.69, 9.17) is 4.74 Å². The summed E-state index contributed by atoms with van der Waals surface area (Å²) >= 11 is 3.64. The lowest BCUT2D eigenvalue weighted by molar-refractivity contribution is -0.116. The zero-order valence-corrected chi connectivity index (χ0v) is 26.1. The highest BCUT2D eigenvalue weighted by Gasteiger charge is 2.19. The molecule has 4 rings (SSSR count). The van der Waals surface area contributed by atoms with Gasteiger partial charge in [-0.2, -0.15) is 0 Å². The number of thioether (sulfide) groups is 1. The van der Waals surface area contributed by atoms with Crippen LogP contribution >= 0.6 is 34.4 Å². The van der Waals surface area contributed by atoms with Gasteiger partial charge in [0.25, 0.3) is 11.8 Å². The van der Waals surface area contributed by atoms with Crippen LogP contribution in [0.1, 0.15) is 29.3 Å². The third kappa shape index (κ3) is 8.95. The van der Waals surface area contributed by atoms with Crippen molar-refractivity contribution in [3.63, 3.8) is 0 Å². The molecule has 0 aliphatic rings. The summed E-state index contributed by atoms with van der Waals surface area (Å²) in [5, 5.41) is 8.28. The Hall–Kier alpha value is -4.09. The van der Waals surface area contributed by atoms with Gasteiger partial charge in [0.05, 0.1) is 12.4 Å². The smallest absolute Gasteiger partial charge is 0.272 e. The van der Waals surface area contributed by atoms with Crippen molar-refractivity contribution in [3.05, 3.63) is 124 Å². The van der Waals surface area contributed by atoms with Crippen molar-refractivity contribution in [2.24, 2.45) is 0 Å². The van der Waals surface area contributed by atoms with Gasteiger partial charge in [-0.15, -0.1) is 11.8 Å². The summed E-state index contributed by atoms with van der Waals surface area (Å²) in [6.07, 6.45) is 2.23. The molecule has 0 aliphatic carbocycles. The van der Waals surface area contributed by atoms with Crippen LogP contribution in [0.4, 0.5) is 11.4 Å². The molecule has 3 amide bonds. The van der Waals surface area contributed by atoms with E-state index in [1.54, 1.807) is 67.8 Å². The lowest BCUT2D eigenvalue weighted by atomic mass is 10.1. The van der Waals surface area contributed by atoms with Crippen molar-refractivity contribution in [1.82, 2.24) is 5.32 Å².